The van der Waals surface area contributed by atoms with Crippen LogP contribution >= 0.6 is 0 Å². The maximum absolute atomic E-state index is 11.9. The van der Waals surface area contributed by atoms with Crippen molar-refractivity contribution in [3.05, 3.63) is 23.8 Å². The summed E-state index contributed by atoms with van der Waals surface area (Å²) in [5.41, 5.74) is 0.637. The lowest BCUT2D eigenvalue weighted by Gasteiger charge is -2.15. The van der Waals surface area contributed by atoms with E-state index in [9.17, 15) is 9.59 Å². The van der Waals surface area contributed by atoms with Crippen LogP contribution in [-0.2, 0) is 16.0 Å². The minimum absolute atomic E-state index is 0.0666. The highest BCUT2D eigenvalue weighted by atomic mass is 16.5. The van der Waals surface area contributed by atoms with E-state index in [0.29, 0.717) is 17.1 Å². The third kappa shape index (κ3) is 4.46. The Morgan fingerprint density at radius 1 is 1.25 bits per heavy atom. The second-order valence-corrected chi connectivity index (χ2v) is 4.38. The second-order valence-electron chi connectivity index (χ2n) is 4.38. The summed E-state index contributed by atoms with van der Waals surface area (Å²) in [5, 5.41) is 11.3. The van der Waals surface area contributed by atoms with E-state index in [1.54, 1.807) is 25.1 Å². The number of carbonyl (C=O) groups is 2. The molecule has 0 fully saturated rings. The molecular weight excluding hydrogens is 262 g/mol. The van der Waals surface area contributed by atoms with Gasteiger partial charge in [0, 0.05) is 11.6 Å². The first-order valence-corrected chi connectivity index (χ1v) is 6.19. The summed E-state index contributed by atoms with van der Waals surface area (Å²) in [6, 6.07) is 4.82. The van der Waals surface area contributed by atoms with E-state index in [4.69, 9.17) is 14.6 Å². The highest BCUT2D eigenvalue weighted by Gasteiger charge is 2.16. The number of nitrogens with one attached hydrogen (secondary N) is 1. The molecule has 6 nitrogen and oxygen atoms in total. The fraction of sp³-hybridized carbons (Fsp3) is 0.429. The summed E-state index contributed by atoms with van der Waals surface area (Å²) in [6.07, 6.45) is -0.0497. The van der Waals surface area contributed by atoms with Gasteiger partial charge in [-0.15, -0.1) is 0 Å². The second kappa shape index (κ2) is 7.37. The number of aliphatic carboxylic acids is 1. The first-order valence-electron chi connectivity index (χ1n) is 6.19. The first-order chi connectivity index (χ1) is 9.47. The van der Waals surface area contributed by atoms with Crippen LogP contribution in [-0.4, -0.2) is 37.2 Å². The van der Waals surface area contributed by atoms with Crippen LogP contribution in [0.15, 0.2) is 18.2 Å². The molecule has 1 aromatic rings. The van der Waals surface area contributed by atoms with E-state index < -0.39 is 12.0 Å². The lowest BCUT2D eigenvalue weighted by atomic mass is 10.1. The van der Waals surface area contributed by atoms with E-state index in [0.717, 1.165) is 0 Å². The molecule has 1 unspecified atom stereocenters. The van der Waals surface area contributed by atoms with E-state index in [1.807, 2.05) is 0 Å². The van der Waals surface area contributed by atoms with E-state index in [-0.39, 0.29) is 18.7 Å². The van der Waals surface area contributed by atoms with Crippen molar-refractivity contribution in [1.82, 2.24) is 5.32 Å². The van der Waals surface area contributed by atoms with Gasteiger partial charge in [0.2, 0.25) is 5.91 Å². The molecule has 110 valence electrons. The number of methoxy groups -OCH3 is 2. The Hall–Kier alpha value is -2.24. The summed E-state index contributed by atoms with van der Waals surface area (Å²) >= 11 is 0. The van der Waals surface area contributed by atoms with Gasteiger partial charge in [0.1, 0.15) is 11.5 Å². The van der Waals surface area contributed by atoms with Crippen molar-refractivity contribution in [1.29, 1.82) is 0 Å². The number of carboxylic acid groups (broad SMARTS) is 1. The fourth-order valence-electron chi connectivity index (χ4n) is 1.90. The highest BCUT2D eigenvalue weighted by Crippen LogP contribution is 2.28. The van der Waals surface area contributed by atoms with Gasteiger partial charge in [-0.25, -0.2) is 0 Å². The molecule has 0 aliphatic rings. The van der Waals surface area contributed by atoms with Crippen molar-refractivity contribution in [2.75, 3.05) is 14.2 Å². The zero-order chi connectivity index (χ0) is 15.1. The maximum Gasteiger partial charge on any atom is 0.305 e. The minimum Gasteiger partial charge on any atom is -0.496 e. The summed E-state index contributed by atoms with van der Waals surface area (Å²) in [7, 11) is 3.03. The fourth-order valence-corrected chi connectivity index (χ4v) is 1.90. The molecule has 0 radical (unpaired) electrons. The number of ether oxygens (including phenoxy) is 2. The molecule has 0 heterocycles. The molecule has 1 aromatic carbocycles. The van der Waals surface area contributed by atoms with Crippen LogP contribution in [0.5, 0.6) is 11.5 Å². The van der Waals surface area contributed by atoms with Gasteiger partial charge >= 0.3 is 5.97 Å². The Balaban J connectivity index is 2.77. The van der Waals surface area contributed by atoms with Crippen molar-refractivity contribution in [3.63, 3.8) is 0 Å². The summed E-state index contributed by atoms with van der Waals surface area (Å²) < 4.78 is 10.4. The number of amides is 1. The van der Waals surface area contributed by atoms with Crippen LogP contribution in [0.1, 0.15) is 18.9 Å². The van der Waals surface area contributed by atoms with Gasteiger partial charge in [-0.3, -0.25) is 9.59 Å². The van der Waals surface area contributed by atoms with Gasteiger partial charge in [0.25, 0.3) is 0 Å². The SMILES string of the molecule is COc1cccc(OC)c1CC(=O)NC(C)CC(=O)O. The maximum atomic E-state index is 11.9. The Labute approximate surface area is 117 Å². The average molecular weight is 281 g/mol. The number of hydrogen-bond donors (Lipinski definition) is 2. The molecule has 1 amide bonds. The standard InChI is InChI=1S/C14H19NO5/c1-9(7-14(17)18)15-13(16)8-10-11(19-2)5-4-6-12(10)20-3/h4-6,9H,7-8H2,1-3H3,(H,15,16)(H,17,18). The number of carbonyl (C=O) groups excluding carboxylic acids is 1. The summed E-state index contributed by atoms with van der Waals surface area (Å²) in [6.45, 7) is 1.64. The lowest BCUT2D eigenvalue weighted by Crippen LogP contribution is -2.35. The van der Waals surface area contributed by atoms with E-state index in [1.165, 1.54) is 14.2 Å². The number of hydrogen-bond acceptors (Lipinski definition) is 4. The van der Waals surface area contributed by atoms with Gasteiger partial charge in [-0.05, 0) is 19.1 Å². The molecule has 0 aromatic heterocycles. The van der Waals surface area contributed by atoms with E-state index in [2.05, 4.69) is 5.32 Å². The largest absolute Gasteiger partial charge is 0.496 e. The van der Waals surface area contributed by atoms with Gasteiger partial charge in [0.15, 0.2) is 0 Å². The average Bonchev–Trinajstić information content (AvgIpc) is 2.37. The predicted octanol–water partition coefficient (Wildman–Crippen LogP) is 1.23. The molecule has 2 N–H and O–H groups in total. The minimum atomic E-state index is -0.951. The van der Waals surface area contributed by atoms with Crippen molar-refractivity contribution >= 4 is 11.9 Å². The Morgan fingerprint density at radius 2 is 1.80 bits per heavy atom. The van der Waals surface area contributed by atoms with Crippen molar-refractivity contribution in [2.45, 2.75) is 25.8 Å². The molecule has 0 spiro atoms. The van der Waals surface area contributed by atoms with Gasteiger partial charge < -0.3 is 19.9 Å². The van der Waals surface area contributed by atoms with Gasteiger partial charge in [0.05, 0.1) is 27.1 Å². The Morgan fingerprint density at radius 3 is 2.25 bits per heavy atom. The van der Waals surface area contributed by atoms with Crippen molar-refractivity contribution in [3.8, 4) is 11.5 Å². The van der Waals surface area contributed by atoms with Crippen LogP contribution in [0, 0.1) is 0 Å². The summed E-state index contributed by atoms with van der Waals surface area (Å²) in [5.74, 6) is -0.106. The first kappa shape index (κ1) is 15.8. The molecule has 0 saturated heterocycles. The lowest BCUT2D eigenvalue weighted by molar-refractivity contribution is -0.137. The van der Waals surface area contributed by atoms with Crippen LogP contribution in [0.3, 0.4) is 0 Å². The Kier molecular flexibility index (Phi) is 5.83. The quantitative estimate of drug-likeness (QED) is 0.785. The smallest absolute Gasteiger partial charge is 0.305 e. The molecule has 0 bridgehead atoms. The third-order valence-electron chi connectivity index (χ3n) is 2.76. The zero-order valence-corrected chi connectivity index (χ0v) is 11.8. The van der Waals surface area contributed by atoms with Crippen molar-refractivity contribution < 1.29 is 24.2 Å². The normalized spacial score (nSPS) is 11.6. The van der Waals surface area contributed by atoms with Gasteiger partial charge in [-0.2, -0.15) is 0 Å². The Bertz CT molecular complexity index is 464. The molecule has 1 atom stereocenters. The van der Waals surface area contributed by atoms with Gasteiger partial charge in [-0.1, -0.05) is 6.07 Å². The van der Waals surface area contributed by atoms with Crippen LogP contribution in [0.25, 0.3) is 0 Å². The highest BCUT2D eigenvalue weighted by molar-refractivity contribution is 5.81. The van der Waals surface area contributed by atoms with Crippen LogP contribution in [0.4, 0.5) is 0 Å². The number of benzene rings is 1. The molecule has 6 heteroatoms. The van der Waals surface area contributed by atoms with E-state index >= 15 is 0 Å². The third-order valence-corrected chi connectivity index (χ3v) is 2.76. The van der Waals surface area contributed by atoms with Crippen LogP contribution in [0.2, 0.25) is 0 Å². The summed E-state index contributed by atoms with van der Waals surface area (Å²) in [4.78, 5) is 22.5. The van der Waals surface area contributed by atoms with Crippen LogP contribution < -0.4 is 14.8 Å². The molecule has 0 aliphatic heterocycles. The molecular formula is C14H19NO5. The topological polar surface area (TPSA) is 84.9 Å². The molecule has 1 rings (SSSR count). The predicted molar refractivity (Wildman–Crippen MR) is 73.1 cm³/mol. The van der Waals surface area contributed by atoms with Crippen molar-refractivity contribution in [2.24, 2.45) is 0 Å². The molecule has 20 heavy (non-hydrogen) atoms. The molecule has 0 aliphatic carbocycles. The zero-order valence-electron chi connectivity index (χ0n) is 11.8. The number of rotatable bonds is 7. The molecule has 0 saturated carbocycles. The number of carboxylic acids is 1. The monoisotopic (exact) mass is 281 g/mol.